The number of hydrogen-bond donors (Lipinski definition) is 1. The predicted molar refractivity (Wildman–Crippen MR) is 126 cm³/mol. The van der Waals surface area contributed by atoms with Crippen LogP contribution in [0.2, 0.25) is 0 Å². The van der Waals surface area contributed by atoms with Gasteiger partial charge in [-0.25, -0.2) is 4.79 Å². The lowest BCUT2D eigenvalue weighted by Gasteiger charge is -2.17. The average molecular weight is 463 g/mol. The van der Waals surface area contributed by atoms with Crippen LogP contribution in [-0.4, -0.2) is 46.9 Å². The Morgan fingerprint density at radius 2 is 1.82 bits per heavy atom. The van der Waals surface area contributed by atoms with Gasteiger partial charge in [-0.3, -0.25) is 14.5 Å². The van der Waals surface area contributed by atoms with E-state index in [0.717, 1.165) is 73.0 Å². The summed E-state index contributed by atoms with van der Waals surface area (Å²) in [5.41, 5.74) is 4.94. The van der Waals surface area contributed by atoms with Crippen molar-refractivity contribution < 1.29 is 19.1 Å². The quantitative estimate of drug-likeness (QED) is 0.677. The third-order valence-corrected chi connectivity index (χ3v) is 7.36. The van der Waals surface area contributed by atoms with Crippen molar-refractivity contribution in [2.24, 2.45) is 11.8 Å². The van der Waals surface area contributed by atoms with E-state index in [1.54, 1.807) is 9.58 Å². The second-order valence-electron chi connectivity index (χ2n) is 10.2. The zero-order valence-electron chi connectivity index (χ0n) is 19.3. The number of hydrogen-bond acceptors (Lipinski definition) is 5. The zero-order chi connectivity index (χ0) is 23.2. The molecule has 1 atom stereocenters. The minimum Gasteiger partial charge on any atom is -0.442 e. The molecule has 2 saturated carbocycles. The molecule has 1 aromatic heterocycles. The lowest BCUT2D eigenvalue weighted by molar-refractivity contribution is -0.121. The largest absolute Gasteiger partial charge is 0.442 e. The summed E-state index contributed by atoms with van der Waals surface area (Å²) in [6, 6.07) is 5.98. The highest BCUT2D eigenvalue weighted by molar-refractivity contribution is 5.91. The van der Waals surface area contributed by atoms with E-state index in [0.29, 0.717) is 37.8 Å². The summed E-state index contributed by atoms with van der Waals surface area (Å²) in [4.78, 5) is 39.1. The average Bonchev–Trinajstić information content (AvgIpc) is 3.74. The Hall–Kier alpha value is -3.16. The van der Waals surface area contributed by atoms with E-state index in [1.807, 2.05) is 24.4 Å². The molecule has 34 heavy (non-hydrogen) atoms. The number of aryl methyl sites for hydroxylation is 2. The molecule has 1 aromatic carbocycles. The fourth-order valence-electron chi connectivity index (χ4n) is 5.07. The number of nitrogens with one attached hydrogen (secondary N) is 1. The summed E-state index contributed by atoms with van der Waals surface area (Å²) in [6.45, 7) is 0.745. The summed E-state index contributed by atoms with van der Waals surface area (Å²) in [7, 11) is 0. The van der Waals surface area contributed by atoms with Crippen LogP contribution in [0, 0.1) is 11.8 Å². The van der Waals surface area contributed by atoms with Crippen LogP contribution in [0.5, 0.6) is 0 Å². The van der Waals surface area contributed by atoms with Crippen LogP contribution >= 0.6 is 0 Å². The first-order chi connectivity index (χ1) is 16.5. The number of carbonyl (C=O) groups is 3. The van der Waals surface area contributed by atoms with Gasteiger partial charge in [0.05, 0.1) is 25.0 Å². The molecule has 2 heterocycles. The molecule has 1 aliphatic heterocycles. The topological polar surface area (TPSA) is 93.5 Å². The molecule has 6 rings (SSSR count). The Morgan fingerprint density at radius 1 is 1.06 bits per heavy atom. The molecular weight excluding hydrogens is 432 g/mol. The third-order valence-electron chi connectivity index (χ3n) is 7.36. The monoisotopic (exact) mass is 462 g/mol. The maximum Gasteiger partial charge on any atom is 0.414 e. The first-order valence-corrected chi connectivity index (χ1v) is 12.5. The maximum absolute atomic E-state index is 12.9. The first kappa shape index (κ1) is 21.4. The Morgan fingerprint density at radius 3 is 2.62 bits per heavy atom. The normalized spacial score (nSPS) is 21.5. The number of nitrogens with zero attached hydrogens (tertiary/aromatic N) is 3. The molecule has 0 unspecified atom stereocenters. The highest BCUT2D eigenvalue weighted by Crippen LogP contribution is 2.37. The Bertz CT molecular complexity index is 1150. The molecule has 0 radical (unpaired) electrons. The number of fused-ring (bicyclic) bond motifs is 3. The highest BCUT2D eigenvalue weighted by Gasteiger charge is 2.34. The van der Waals surface area contributed by atoms with Gasteiger partial charge >= 0.3 is 6.09 Å². The van der Waals surface area contributed by atoms with E-state index in [-0.39, 0.29) is 24.0 Å². The van der Waals surface area contributed by atoms with Crippen LogP contribution in [0.3, 0.4) is 0 Å². The highest BCUT2D eigenvalue weighted by atomic mass is 16.6. The van der Waals surface area contributed by atoms with Gasteiger partial charge in [-0.2, -0.15) is 9.78 Å². The first-order valence-electron chi connectivity index (χ1n) is 12.5. The molecule has 2 amide bonds. The van der Waals surface area contributed by atoms with Crippen LogP contribution in [-0.2, 0) is 22.4 Å². The summed E-state index contributed by atoms with van der Waals surface area (Å²) < 4.78 is 7.12. The van der Waals surface area contributed by atoms with Crippen molar-refractivity contribution in [2.75, 3.05) is 18.0 Å². The van der Waals surface area contributed by atoms with E-state index < -0.39 is 0 Å². The molecule has 0 spiro atoms. The van der Waals surface area contributed by atoms with Crippen LogP contribution < -0.4 is 10.2 Å². The molecule has 1 saturated heterocycles. The van der Waals surface area contributed by atoms with Gasteiger partial charge in [-0.15, -0.1) is 0 Å². The van der Waals surface area contributed by atoms with Crippen molar-refractivity contribution in [3.05, 3.63) is 35.5 Å². The molecular formula is C26H30N4O4. The predicted octanol–water partition coefficient (Wildman–Crippen LogP) is 3.72. The van der Waals surface area contributed by atoms with E-state index in [2.05, 4.69) is 10.4 Å². The van der Waals surface area contributed by atoms with Gasteiger partial charge in [0.1, 0.15) is 6.10 Å². The Labute approximate surface area is 198 Å². The number of carbonyl (C=O) groups excluding carboxylic acids is 3. The van der Waals surface area contributed by atoms with E-state index in [1.165, 1.54) is 0 Å². The van der Waals surface area contributed by atoms with Crippen molar-refractivity contribution in [1.29, 1.82) is 0 Å². The van der Waals surface area contributed by atoms with Gasteiger partial charge in [0.15, 0.2) is 0 Å². The minimum atomic E-state index is -0.389. The Balaban J connectivity index is 1.19. The molecule has 2 aromatic rings. The summed E-state index contributed by atoms with van der Waals surface area (Å²) in [5, 5.41) is 7.35. The molecule has 4 aliphatic rings. The number of anilines is 1. The van der Waals surface area contributed by atoms with Gasteiger partial charge in [0, 0.05) is 24.1 Å². The van der Waals surface area contributed by atoms with Crippen molar-refractivity contribution >= 4 is 23.6 Å². The van der Waals surface area contributed by atoms with Crippen LogP contribution in [0.4, 0.5) is 10.5 Å². The molecule has 8 nitrogen and oxygen atoms in total. The van der Waals surface area contributed by atoms with E-state index in [9.17, 15) is 14.4 Å². The number of benzene rings is 1. The Kier molecular flexibility index (Phi) is 5.38. The summed E-state index contributed by atoms with van der Waals surface area (Å²) in [6.07, 6.45) is 9.46. The number of amides is 2. The van der Waals surface area contributed by atoms with Crippen molar-refractivity contribution in [3.63, 3.8) is 0 Å². The molecule has 1 N–H and O–H groups in total. The van der Waals surface area contributed by atoms with Gasteiger partial charge in [0.25, 0.3) is 0 Å². The molecule has 8 heteroatoms. The minimum absolute atomic E-state index is 0.0330. The van der Waals surface area contributed by atoms with Gasteiger partial charge < -0.3 is 10.1 Å². The molecule has 3 fully saturated rings. The molecule has 178 valence electrons. The number of cyclic esters (lactones) is 1. The van der Waals surface area contributed by atoms with E-state index in [4.69, 9.17) is 4.74 Å². The number of aromatic nitrogens is 2. The van der Waals surface area contributed by atoms with Crippen LogP contribution in [0.15, 0.2) is 24.4 Å². The van der Waals surface area contributed by atoms with Gasteiger partial charge in [-0.1, -0.05) is 6.07 Å². The number of ether oxygens (including phenoxy) is 1. The fraction of sp³-hybridized carbons (Fsp3) is 0.538. The zero-order valence-corrected chi connectivity index (χ0v) is 19.3. The van der Waals surface area contributed by atoms with Crippen LogP contribution in [0.1, 0.15) is 60.9 Å². The second kappa shape index (κ2) is 8.56. The van der Waals surface area contributed by atoms with Gasteiger partial charge in [-0.05, 0) is 80.0 Å². The number of rotatable bonds is 7. The summed E-state index contributed by atoms with van der Waals surface area (Å²) >= 11 is 0. The smallest absolute Gasteiger partial charge is 0.414 e. The van der Waals surface area contributed by atoms with Gasteiger partial charge in [0.2, 0.25) is 11.8 Å². The second-order valence-corrected chi connectivity index (χ2v) is 10.2. The molecule has 3 aliphatic carbocycles. The summed E-state index contributed by atoms with van der Waals surface area (Å²) in [5.74, 6) is 1.14. The molecule has 0 bridgehead atoms. The van der Waals surface area contributed by atoms with Crippen molar-refractivity contribution in [1.82, 2.24) is 15.1 Å². The van der Waals surface area contributed by atoms with Crippen molar-refractivity contribution in [3.8, 4) is 11.3 Å². The standard InChI is InChI=1S/C26H30N4O4/c31-23(10-16-4-5-16)27-14-21-15-29(26(33)34-21)20-8-9-22-18(12-20)2-1-3-19-13-28-30(25(19)22)24(32)11-17-6-7-17/h8-9,12-13,16-17,21H,1-7,10-11,14-15H2,(H,27,31)/t21-/m0/s1. The van der Waals surface area contributed by atoms with Crippen molar-refractivity contribution in [2.45, 2.75) is 63.9 Å². The maximum atomic E-state index is 12.9. The third kappa shape index (κ3) is 4.33. The van der Waals surface area contributed by atoms with E-state index >= 15 is 0 Å². The van der Waals surface area contributed by atoms with Crippen LogP contribution in [0.25, 0.3) is 11.3 Å². The SMILES string of the molecule is O=C(CC1CC1)NC[C@H]1CN(c2ccc3c(c2)CCCc2cnn(C(=O)CC4CC4)c2-3)C(=O)O1. The fourth-order valence-corrected chi connectivity index (χ4v) is 5.07. The lowest BCUT2D eigenvalue weighted by Crippen LogP contribution is -2.34. The lowest BCUT2D eigenvalue weighted by atomic mass is 10.0.